The first-order chi connectivity index (χ1) is 13.6. The summed E-state index contributed by atoms with van der Waals surface area (Å²) in [7, 11) is 0. The Labute approximate surface area is 165 Å². The van der Waals surface area contributed by atoms with E-state index >= 15 is 0 Å². The van der Waals surface area contributed by atoms with E-state index in [0.717, 1.165) is 25.7 Å². The average Bonchev–Trinajstić information content (AvgIpc) is 3.29. The van der Waals surface area contributed by atoms with E-state index in [1.807, 2.05) is 6.07 Å². The summed E-state index contributed by atoms with van der Waals surface area (Å²) in [6, 6.07) is 7.87. The number of nitrogens with one attached hydrogen (secondary N) is 2. The van der Waals surface area contributed by atoms with Gasteiger partial charge in [-0.2, -0.15) is 0 Å². The normalized spacial score (nSPS) is 18.5. The van der Waals surface area contributed by atoms with Crippen molar-refractivity contribution in [1.82, 2.24) is 10.9 Å². The molecule has 0 saturated carbocycles. The number of halogens is 1. The van der Waals surface area contributed by atoms with Gasteiger partial charge in [0.2, 0.25) is 6.10 Å². The molecule has 1 aliphatic carbocycles. The minimum atomic E-state index is -0.862. The van der Waals surface area contributed by atoms with Crippen molar-refractivity contribution < 1.29 is 18.8 Å². The van der Waals surface area contributed by atoms with Crippen LogP contribution < -0.4 is 10.9 Å². The van der Waals surface area contributed by atoms with E-state index in [2.05, 4.69) is 16.0 Å². The molecule has 1 aromatic carbocycles. The lowest BCUT2D eigenvalue weighted by atomic mass is 10.0. The van der Waals surface area contributed by atoms with Crippen LogP contribution in [0, 0.1) is 5.82 Å². The molecule has 0 fully saturated rings. The molecular weight excluding hydrogens is 381 g/mol. The molecule has 2 N–H and O–H groups in total. The molecule has 0 radical (unpaired) electrons. The molecule has 1 atom stereocenters. The molecule has 146 valence electrons. The van der Waals surface area contributed by atoms with Crippen LogP contribution in [-0.4, -0.2) is 23.6 Å². The molecule has 1 aliphatic heterocycles. The van der Waals surface area contributed by atoms with Crippen molar-refractivity contribution in [1.29, 1.82) is 0 Å². The summed E-state index contributed by atoms with van der Waals surface area (Å²) < 4.78 is 13.3. The summed E-state index contributed by atoms with van der Waals surface area (Å²) >= 11 is 1.49. The molecule has 28 heavy (non-hydrogen) atoms. The van der Waals surface area contributed by atoms with Gasteiger partial charge in [-0.1, -0.05) is 23.7 Å². The Hall–Kier alpha value is -2.74. The van der Waals surface area contributed by atoms with Gasteiger partial charge in [0.25, 0.3) is 11.8 Å². The summed E-state index contributed by atoms with van der Waals surface area (Å²) in [5, 5.41) is 3.87. The van der Waals surface area contributed by atoms with Crippen LogP contribution in [0.15, 0.2) is 35.5 Å². The van der Waals surface area contributed by atoms with Crippen molar-refractivity contribution in [2.45, 2.75) is 44.6 Å². The molecule has 0 unspecified atom stereocenters. The highest BCUT2D eigenvalue weighted by Crippen LogP contribution is 2.28. The Kier molecular flexibility index (Phi) is 5.38. The molecule has 8 heteroatoms. The van der Waals surface area contributed by atoms with Crippen molar-refractivity contribution >= 4 is 28.9 Å². The number of thiophene rings is 1. The van der Waals surface area contributed by atoms with Gasteiger partial charge in [0, 0.05) is 16.9 Å². The lowest BCUT2D eigenvalue weighted by molar-refractivity contribution is -0.131. The maximum atomic E-state index is 13.3. The van der Waals surface area contributed by atoms with Crippen molar-refractivity contribution in [3.63, 3.8) is 0 Å². The van der Waals surface area contributed by atoms with Crippen molar-refractivity contribution in [3.05, 3.63) is 57.0 Å². The van der Waals surface area contributed by atoms with Crippen LogP contribution in [0.3, 0.4) is 0 Å². The SMILES string of the molecule is O=C(NNC(=O)[C@H]1CC(c2cccc(F)c2)=NO1)c1cc2c(s1)CCCCC2. The van der Waals surface area contributed by atoms with Gasteiger partial charge in [-0.15, -0.1) is 11.3 Å². The Balaban J connectivity index is 1.31. The molecule has 2 heterocycles. The third-order valence-electron chi connectivity index (χ3n) is 4.89. The Morgan fingerprint density at radius 3 is 2.86 bits per heavy atom. The first-order valence-corrected chi connectivity index (χ1v) is 10.1. The Bertz CT molecular complexity index is 917. The van der Waals surface area contributed by atoms with E-state index in [-0.39, 0.29) is 18.1 Å². The summed E-state index contributed by atoms with van der Waals surface area (Å²) in [6.45, 7) is 0. The minimum Gasteiger partial charge on any atom is -0.382 e. The second kappa shape index (κ2) is 8.10. The van der Waals surface area contributed by atoms with E-state index in [4.69, 9.17) is 4.84 Å². The van der Waals surface area contributed by atoms with Gasteiger partial charge in [0.15, 0.2) is 0 Å². The van der Waals surface area contributed by atoms with Crippen molar-refractivity contribution in [2.75, 3.05) is 0 Å². The molecule has 2 aromatic rings. The fraction of sp³-hybridized carbons (Fsp3) is 0.350. The third kappa shape index (κ3) is 4.06. The Morgan fingerprint density at radius 1 is 1.14 bits per heavy atom. The number of nitrogens with zero attached hydrogens (tertiary/aromatic N) is 1. The van der Waals surface area contributed by atoms with Crippen LogP contribution >= 0.6 is 11.3 Å². The van der Waals surface area contributed by atoms with Crippen LogP contribution in [0.5, 0.6) is 0 Å². The monoisotopic (exact) mass is 401 g/mol. The maximum absolute atomic E-state index is 13.3. The zero-order chi connectivity index (χ0) is 19.5. The molecule has 4 rings (SSSR count). The molecule has 1 aromatic heterocycles. The number of amides is 2. The predicted molar refractivity (Wildman–Crippen MR) is 104 cm³/mol. The van der Waals surface area contributed by atoms with Crippen LogP contribution in [0.4, 0.5) is 4.39 Å². The van der Waals surface area contributed by atoms with Crippen LogP contribution in [-0.2, 0) is 22.5 Å². The summed E-state index contributed by atoms with van der Waals surface area (Å²) in [4.78, 5) is 31.6. The number of benzene rings is 1. The third-order valence-corrected chi connectivity index (χ3v) is 6.12. The number of hydrazine groups is 1. The van der Waals surface area contributed by atoms with Crippen LogP contribution in [0.1, 0.15) is 51.4 Å². The number of carbonyl (C=O) groups excluding carboxylic acids is 2. The standard InChI is InChI=1S/C20H20FN3O3S/c21-14-7-4-6-12(9-14)15-11-16(27-24-15)19(25)22-23-20(26)18-10-13-5-2-1-3-8-17(13)28-18/h4,6-7,9-10,16H,1-3,5,8,11H2,(H,22,25)(H,23,26)/t16-/m1/s1. The fourth-order valence-corrected chi connectivity index (χ4v) is 4.55. The van der Waals surface area contributed by atoms with Gasteiger partial charge in [-0.3, -0.25) is 20.4 Å². The van der Waals surface area contributed by atoms with Gasteiger partial charge < -0.3 is 4.84 Å². The highest BCUT2D eigenvalue weighted by Gasteiger charge is 2.29. The zero-order valence-electron chi connectivity index (χ0n) is 15.2. The van der Waals surface area contributed by atoms with Gasteiger partial charge >= 0.3 is 0 Å². The second-order valence-corrected chi connectivity index (χ2v) is 8.05. The van der Waals surface area contributed by atoms with E-state index in [1.165, 1.54) is 40.3 Å². The summed E-state index contributed by atoms with van der Waals surface area (Å²) in [5.41, 5.74) is 7.14. The van der Waals surface area contributed by atoms with E-state index in [1.54, 1.807) is 12.1 Å². The highest BCUT2D eigenvalue weighted by atomic mass is 32.1. The first kappa shape index (κ1) is 18.6. The number of hydrogen-bond donors (Lipinski definition) is 2. The van der Waals surface area contributed by atoms with Gasteiger partial charge in [-0.05, 0) is 49.4 Å². The van der Waals surface area contributed by atoms with Crippen molar-refractivity contribution in [2.24, 2.45) is 5.16 Å². The zero-order valence-corrected chi connectivity index (χ0v) is 16.0. The van der Waals surface area contributed by atoms with Crippen molar-refractivity contribution in [3.8, 4) is 0 Å². The number of fused-ring (bicyclic) bond motifs is 1. The van der Waals surface area contributed by atoms with Gasteiger partial charge in [0.05, 0.1) is 10.6 Å². The number of aryl methyl sites for hydroxylation is 2. The topological polar surface area (TPSA) is 79.8 Å². The number of hydrogen-bond acceptors (Lipinski definition) is 5. The molecular formula is C20H20FN3O3S. The number of carbonyl (C=O) groups is 2. The number of rotatable bonds is 3. The quantitative estimate of drug-likeness (QED) is 0.613. The molecule has 2 aliphatic rings. The van der Waals surface area contributed by atoms with Crippen LogP contribution in [0.25, 0.3) is 0 Å². The second-order valence-electron chi connectivity index (χ2n) is 6.91. The predicted octanol–water partition coefficient (Wildman–Crippen LogP) is 3.11. The minimum absolute atomic E-state index is 0.207. The van der Waals surface area contributed by atoms with Gasteiger partial charge in [-0.25, -0.2) is 4.39 Å². The molecule has 0 bridgehead atoms. The van der Waals surface area contributed by atoms with E-state index in [0.29, 0.717) is 16.2 Å². The lowest BCUT2D eigenvalue weighted by Gasteiger charge is -2.10. The van der Waals surface area contributed by atoms with Crippen LogP contribution in [0.2, 0.25) is 0 Å². The van der Waals surface area contributed by atoms with E-state index in [9.17, 15) is 14.0 Å². The Morgan fingerprint density at radius 2 is 2.00 bits per heavy atom. The fourth-order valence-electron chi connectivity index (χ4n) is 3.40. The van der Waals surface area contributed by atoms with E-state index < -0.39 is 12.0 Å². The average molecular weight is 401 g/mol. The summed E-state index contributed by atoms with van der Waals surface area (Å²) in [5.74, 6) is -1.22. The molecule has 0 saturated heterocycles. The highest BCUT2D eigenvalue weighted by molar-refractivity contribution is 7.14. The largest absolute Gasteiger partial charge is 0.382 e. The summed E-state index contributed by atoms with van der Waals surface area (Å²) in [6.07, 6.45) is 4.88. The molecule has 2 amide bonds. The first-order valence-electron chi connectivity index (χ1n) is 9.30. The molecule has 6 nitrogen and oxygen atoms in total. The maximum Gasteiger partial charge on any atom is 0.282 e. The van der Waals surface area contributed by atoms with Gasteiger partial charge in [0.1, 0.15) is 5.82 Å². The smallest absolute Gasteiger partial charge is 0.282 e. The molecule has 0 spiro atoms. The lowest BCUT2D eigenvalue weighted by Crippen LogP contribution is -2.46. The number of oxime groups is 1.